The summed E-state index contributed by atoms with van der Waals surface area (Å²) in [6.07, 6.45) is 0. The van der Waals surface area contributed by atoms with Crippen molar-refractivity contribution < 1.29 is 14.6 Å². The van der Waals surface area contributed by atoms with E-state index in [0.29, 0.717) is 27.9 Å². The summed E-state index contributed by atoms with van der Waals surface area (Å²) in [5.41, 5.74) is 0.966. The molecule has 0 radical (unpaired) electrons. The van der Waals surface area contributed by atoms with Gasteiger partial charge in [-0.1, -0.05) is 0 Å². The van der Waals surface area contributed by atoms with Crippen molar-refractivity contribution in [2.45, 2.75) is 0 Å². The van der Waals surface area contributed by atoms with E-state index >= 15 is 0 Å². The molecule has 20 heavy (non-hydrogen) atoms. The first-order chi connectivity index (χ1) is 9.63. The Kier molecular flexibility index (Phi) is 2.75. The highest BCUT2D eigenvalue weighted by molar-refractivity contribution is 5.96. The normalized spacial score (nSPS) is 10.9. The van der Waals surface area contributed by atoms with Crippen LogP contribution in [-0.4, -0.2) is 24.3 Å². The molecule has 1 heterocycles. The summed E-state index contributed by atoms with van der Waals surface area (Å²) in [6.45, 7) is 0. The van der Waals surface area contributed by atoms with Crippen LogP contribution in [0.2, 0.25) is 0 Å². The molecule has 1 aromatic heterocycles. The summed E-state index contributed by atoms with van der Waals surface area (Å²) < 4.78 is 10.2. The van der Waals surface area contributed by atoms with E-state index in [4.69, 9.17) is 9.47 Å². The first-order valence-corrected chi connectivity index (χ1v) is 6.05. The largest absolute Gasteiger partial charge is 0.507 e. The Morgan fingerprint density at radius 2 is 1.75 bits per heavy atom. The highest BCUT2D eigenvalue weighted by Crippen LogP contribution is 2.29. The lowest BCUT2D eigenvalue weighted by atomic mass is 10.1. The van der Waals surface area contributed by atoms with Gasteiger partial charge in [0.1, 0.15) is 17.2 Å². The molecule has 0 amide bonds. The number of aromatic nitrogens is 1. The Hall–Kier alpha value is -2.69. The van der Waals surface area contributed by atoms with Crippen LogP contribution in [0, 0.1) is 0 Å². The van der Waals surface area contributed by atoms with Gasteiger partial charge in [-0.05, 0) is 18.2 Å². The van der Waals surface area contributed by atoms with Gasteiger partial charge in [-0.2, -0.15) is 0 Å². The molecule has 0 bridgehead atoms. The van der Waals surface area contributed by atoms with Gasteiger partial charge < -0.3 is 19.6 Å². The Balaban J connectivity index is 2.47. The number of ether oxygens (including phenoxy) is 2. The fraction of sp³-hybridized carbons (Fsp3) is 0.133. The Labute approximate surface area is 114 Å². The maximum atomic E-state index is 12.5. The van der Waals surface area contributed by atoms with Crippen molar-refractivity contribution in [3.05, 3.63) is 40.6 Å². The molecule has 0 aliphatic rings. The lowest BCUT2D eigenvalue weighted by Gasteiger charge is -2.08. The number of rotatable bonds is 2. The second-order valence-electron chi connectivity index (χ2n) is 4.43. The summed E-state index contributed by atoms with van der Waals surface area (Å²) in [4.78, 5) is 15.6. The minimum atomic E-state index is -0.243. The van der Waals surface area contributed by atoms with Crippen LogP contribution in [0.25, 0.3) is 21.8 Å². The highest BCUT2D eigenvalue weighted by Gasteiger charge is 2.11. The summed E-state index contributed by atoms with van der Waals surface area (Å²) in [5, 5.41) is 10.7. The number of benzene rings is 2. The fourth-order valence-electron chi connectivity index (χ4n) is 2.28. The van der Waals surface area contributed by atoms with Crippen LogP contribution in [0.1, 0.15) is 0 Å². The summed E-state index contributed by atoms with van der Waals surface area (Å²) in [7, 11) is 3.05. The molecule has 3 rings (SSSR count). The van der Waals surface area contributed by atoms with Gasteiger partial charge >= 0.3 is 0 Å². The first-order valence-electron chi connectivity index (χ1n) is 6.05. The van der Waals surface area contributed by atoms with Gasteiger partial charge in [-0.15, -0.1) is 0 Å². The van der Waals surface area contributed by atoms with E-state index in [1.807, 2.05) is 0 Å². The molecule has 0 aliphatic carbocycles. The van der Waals surface area contributed by atoms with Crippen molar-refractivity contribution in [1.29, 1.82) is 0 Å². The Bertz CT molecular complexity index is 867. The summed E-state index contributed by atoms with van der Waals surface area (Å²) in [6, 6.07) is 8.29. The molecule has 102 valence electrons. The molecule has 0 fully saturated rings. The van der Waals surface area contributed by atoms with Gasteiger partial charge in [0, 0.05) is 17.5 Å². The number of hydrogen-bond acceptors (Lipinski definition) is 4. The smallest absolute Gasteiger partial charge is 0.201 e. The number of methoxy groups -OCH3 is 2. The number of phenolic OH excluding ortho intramolecular Hbond substituents is 1. The minimum absolute atomic E-state index is 0.106. The average Bonchev–Trinajstić information content (AvgIpc) is 2.46. The Morgan fingerprint density at radius 1 is 1.00 bits per heavy atom. The minimum Gasteiger partial charge on any atom is -0.507 e. The SMILES string of the molecule is COc1cc(O)c2c(=O)c3cc(OC)ccc3[nH]c2c1. The number of aromatic amines is 1. The number of aromatic hydroxyl groups is 1. The van der Waals surface area contributed by atoms with Crippen molar-refractivity contribution in [3.63, 3.8) is 0 Å². The zero-order valence-corrected chi connectivity index (χ0v) is 11.1. The van der Waals surface area contributed by atoms with E-state index in [0.717, 1.165) is 0 Å². The van der Waals surface area contributed by atoms with E-state index in [1.165, 1.54) is 13.2 Å². The Morgan fingerprint density at radius 3 is 2.45 bits per heavy atom. The number of hydrogen-bond donors (Lipinski definition) is 2. The van der Waals surface area contributed by atoms with Crippen molar-refractivity contribution in [2.24, 2.45) is 0 Å². The lowest BCUT2D eigenvalue weighted by molar-refractivity contribution is 0.409. The van der Waals surface area contributed by atoms with Crippen LogP contribution in [0.3, 0.4) is 0 Å². The first kappa shape index (κ1) is 12.3. The van der Waals surface area contributed by atoms with Gasteiger partial charge in [0.25, 0.3) is 0 Å². The molecule has 3 aromatic rings. The van der Waals surface area contributed by atoms with Gasteiger partial charge in [-0.25, -0.2) is 0 Å². The van der Waals surface area contributed by atoms with E-state index in [2.05, 4.69) is 4.98 Å². The van der Waals surface area contributed by atoms with Crippen molar-refractivity contribution in [2.75, 3.05) is 14.2 Å². The molecule has 5 nitrogen and oxygen atoms in total. The van der Waals surface area contributed by atoms with E-state index in [-0.39, 0.29) is 16.6 Å². The fourth-order valence-corrected chi connectivity index (χ4v) is 2.28. The van der Waals surface area contributed by atoms with E-state index < -0.39 is 0 Å². The average molecular weight is 271 g/mol. The van der Waals surface area contributed by atoms with Crippen LogP contribution in [0.15, 0.2) is 35.1 Å². The quantitative estimate of drug-likeness (QED) is 0.702. The monoisotopic (exact) mass is 271 g/mol. The van der Waals surface area contributed by atoms with Gasteiger partial charge in [0.2, 0.25) is 5.43 Å². The molecule has 0 atom stereocenters. The molecule has 2 aromatic carbocycles. The van der Waals surface area contributed by atoms with E-state index in [9.17, 15) is 9.90 Å². The van der Waals surface area contributed by atoms with Gasteiger partial charge in [-0.3, -0.25) is 4.79 Å². The second-order valence-corrected chi connectivity index (χ2v) is 4.43. The van der Waals surface area contributed by atoms with Crippen LogP contribution in [0.5, 0.6) is 17.2 Å². The second kappa shape index (κ2) is 4.45. The van der Waals surface area contributed by atoms with E-state index in [1.54, 1.807) is 31.4 Å². The molecule has 0 spiro atoms. The third kappa shape index (κ3) is 1.75. The summed E-state index contributed by atoms with van der Waals surface area (Å²) >= 11 is 0. The standard InChI is InChI=1S/C15H13NO4/c1-19-8-3-4-11-10(5-8)15(18)14-12(16-11)6-9(20-2)7-13(14)17/h3-7,17H,1-2H3,(H,16,18). The lowest BCUT2D eigenvalue weighted by Crippen LogP contribution is -2.05. The molecule has 0 saturated carbocycles. The maximum Gasteiger partial charge on any atom is 0.201 e. The molecular weight excluding hydrogens is 258 g/mol. The van der Waals surface area contributed by atoms with Gasteiger partial charge in [0.05, 0.1) is 30.6 Å². The van der Waals surface area contributed by atoms with Crippen LogP contribution >= 0.6 is 0 Å². The number of H-pyrrole nitrogens is 1. The van der Waals surface area contributed by atoms with Crippen LogP contribution in [0.4, 0.5) is 0 Å². The van der Waals surface area contributed by atoms with Crippen LogP contribution in [-0.2, 0) is 0 Å². The topological polar surface area (TPSA) is 71.6 Å². The third-order valence-corrected chi connectivity index (χ3v) is 3.29. The summed E-state index contributed by atoms with van der Waals surface area (Å²) in [5.74, 6) is 0.971. The molecule has 5 heteroatoms. The van der Waals surface area contributed by atoms with Gasteiger partial charge in [0.15, 0.2) is 0 Å². The predicted octanol–water partition coefficient (Wildman–Crippen LogP) is 2.40. The van der Waals surface area contributed by atoms with Crippen molar-refractivity contribution in [1.82, 2.24) is 4.98 Å². The molecule has 0 saturated heterocycles. The van der Waals surface area contributed by atoms with Crippen molar-refractivity contribution in [3.8, 4) is 17.2 Å². The zero-order chi connectivity index (χ0) is 14.3. The molecule has 2 N–H and O–H groups in total. The number of nitrogens with one attached hydrogen (secondary N) is 1. The maximum absolute atomic E-state index is 12.5. The zero-order valence-electron chi connectivity index (χ0n) is 11.1. The molecule has 0 unspecified atom stereocenters. The third-order valence-electron chi connectivity index (χ3n) is 3.29. The molecule has 0 aliphatic heterocycles. The molecular formula is C15H13NO4. The van der Waals surface area contributed by atoms with Crippen molar-refractivity contribution >= 4 is 21.8 Å². The number of pyridine rings is 1. The highest BCUT2D eigenvalue weighted by atomic mass is 16.5. The van der Waals surface area contributed by atoms with Crippen LogP contribution < -0.4 is 14.9 Å². The number of phenols is 1. The predicted molar refractivity (Wildman–Crippen MR) is 76.8 cm³/mol. The number of fused-ring (bicyclic) bond motifs is 2.